The van der Waals surface area contributed by atoms with E-state index >= 15 is 0 Å². The van der Waals surface area contributed by atoms with Crippen molar-refractivity contribution in [3.63, 3.8) is 0 Å². The van der Waals surface area contributed by atoms with Crippen LogP contribution >= 0.6 is 0 Å². The highest BCUT2D eigenvalue weighted by molar-refractivity contribution is 5.53. The maximum atomic E-state index is 5.18. The summed E-state index contributed by atoms with van der Waals surface area (Å²) in [6.45, 7) is 7.07. The third-order valence-electron chi connectivity index (χ3n) is 2.47. The molecule has 2 heteroatoms. The maximum absolute atomic E-state index is 5.18. The Morgan fingerprint density at radius 1 is 1.29 bits per heavy atom. The van der Waals surface area contributed by atoms with Crippen molar-refractivity contribution in [3.05, 3.63) is 41.5 Å². The van der Waals surface area contributed by atoms with Crippen molar-refractivity contribution < 1.29 is 4.74 Å². The van der Waals surface area contributed by atoms with Crippen LogP contribution < -0.4 is 5.32 Å². The van der Waals surface area contributed by atoms with Gasteiger partial charge in [-0.05, 0) is 23.6 Å². The van der Waals surface area contributed by atoms with Crippen molar-refractivity contribution >= 4 is 6.08 Å². The second-order valence-corrected chi connectivity index (χ2v) is 4.59. The average molecular weight is 233 g/mol. The molecular weight excluding hydrogens is 210 g/mol. The number of rotatable bonds is 7. The van der Waals surface area contributed by atoms with E-state index < -0.39 is 0 Å². The van der Waals surface area contributed by atoms with Crippen LogP contribution in [0.4, 0.5) is 0 Å². The van der Waals surface area contributed by atoms with Gasteiger partial charge in [0.2, 0.25) is 0 Å². The molecule has 0 saturated carbocycles. The molecule has 0 aliphatic heterocycles. The molecular formula is C15H23NO. The summed E-state index contributed by atoms with van der Waals surface area (Å²) in [5.74, 6) is 0.698. The standard InChI is InChI=1S/C15H23NO/c1-13(2)11-16-10-6-9-14-7-4-5-8-15(14)12-17-3/h4-9,13,16H,10-12H2,1-3H3. The molecule has 0 aromatic heterocycles. The SMILES string of the molecule is COCc1ccccc1C=CCNCC(C)C. The molecule has 0 aliphatic rings. The van der Waals surface area contributed by atoms with Gasteiger partial charge in [-0.15, -0.1) is 0 Å². The minimum Gasteiger partial charge on any atom is -0.380 e. The summed E-state index contributed by atoms with van der Waals surface area (Å²) < 4.78 is 5.18. The van der Waals surface area contributed by atoms with E-state index in [2.05, 4.69) is 49.5 Å². The van der Waals surface area contributed by atoms with Crippen molar-refractivity contribution in [3.8, 4) is 0 Å². The first-order chi connectivity index (χ1) is 8.24. The highest BCUT2D eigenvalue weighted by atomic mass is 16.5. The topological polar surface area (TPSA) is 21.3 Å². The van der Waals surface area contributed by atoms with Gasteiger partial charge in [0.1, 0.15) is 0 Å². The average Bonchev–Trinajstić information content (AvgIpc) is 2.31. The molecule has 0 fully saturated rings. The predicted molar refractivity (Wildman–Crippen MR) is 73.9 cm³/mol. The molecule has 1 aromatic carbocycles. The second kappa shape index (κ2) is 8.04. The molecule has 0 radical (unpaired) electrons. The quantitative estimate of drug-likeness (QED) is 0.731. The van der Waals surface area contributed by atoms with E-state index in [-0.39, 0.29) is 0 Å². The van der Waals surface area contributed by atoms with E-state index in [1.807, 2.05) is 6.07 Å². The van der Waals surface area contributed by atoms with Crippen molar-refractivity contribution in [2.45, 2.75) is 20.5 Å². The second-order valence-electron chi connectivity index (χ2n) is 4.59. The van der Waals surface area contributed by atoms with Crippen LogP contribution in [0.5, 0.6) is 0 Å². The normalized spacial score (nSPS) is 11.5. The molecule has 0 unspecified atom stereocenters. The van der Waals surface area contributed by atoms with E-state index in [9.17, 15) is 0 Å². The van der Waals surface area contributed by atoms with E-state index in [4.69, 9.17) is 4.74 Å². The third-order valence-corrected chi connectivity index (χ3v) is 2.47. The lowest BCUT2D eigenvalue weighted by atomic mass is 10.1. The lowest BCUT2D eigenvalue weighted by molar-refractivity contribution is 0.184. The summed E-state index contributed by atoms with van der Waals surface area (Å²) in [5.41, 5.74) is 2.47. The van der Waals surface area contributed by atoms with Gasteiger partial charge in [-0.25, -0.2) is 0 Å². The number of nitrogens with one attached hydrogen (secondary N) is 1. The molecule has 1 N–H and O–H groups in total. The van der Waals surface area contributed by atoms with Crippen LogP contribution in [0.3, 0.4) is 0 Å². The van der Waals surface area contributed by atoms with E-state index in [1.54, 1.807) is 7.11 Å². The summed E-state index contributed by atoms with van der Waals surface area (Å²) >= 11 is 0. The molecule has 0 atom stereocenters. The lowest BCUT2D eigenvalue weighted by Crippen LogP contribution is -2.19. The van der Waals surface area contributed by atoms with Gasteiger partial charge in [0.15, 0.2) is 0 Å². The summed E-state index contributed by atoms with van der Waals surface area (Å²) in [5, 5.41) is 3.39. The first-order valence-corrected chi connectivity index (χ1v) is 6.18. The smallest absolute Gasteiger partial charge is 0.0718 e. The fraction of sp³-hybridized carbons (Fsp3) is 0.467. The highest BCUT2D eigenvalue weighted by Crippen LogP contribution is 2.11. The Kier molecular flexibility index (Phi) is 6.60. The Morgan fingerprint density at radius 3 is 2.76 bits per heavy atom. The van der Waals surface area contributed by atoms with Crippen LogP contribution in [0, 0.1) is 5.92 Å². The summed E-state index contributed by atoms with van der Waals surface area (Å²) in [6, 6.07) is 8.32. The van der Waals surface area contributed by atoms with Crippen molar-refractivity contribution in [2.24, 2.45) is 5.92 Å². The Labute approximate surface area is 105 Å². The van der Waals surface area contributed by atoms with Crippen molar-refractivity contribution in [1.29, 1.82) is 0 Å². The van der Waals surface area contributed by atoms with Gasteiger partial charge in [0, 0.05) is 13.7 Å². The molecule has 0 saturated heterocycles. The minimum atomic E-state index is 0.667. The molecule has 2 nitrogen and oxygen atoms in total. The van der Waals surface area contributed by atoms with Crippen molar-refractivity contribution in [1.82, 2.24) is 5.32 Å². The predicted octanol–water partition coefficient (Wildman–Crippen LogP) is 3.09. The van der Waals surface area contributed by atoms with E-state index in [0.29, 0.717) is 12.5 Å². The minimum absolute atomic E-state index is 0.667. The monoisotopic (exact) mass is 233 g/mol. The zero-order valence-electron chi connectivity index (χ0n) is 11.1. The number of benzene rings is 1. The number of hydrogen-bond donors (Lipinski definition) is 1. The molecule has 0 amide bonds. The maximum Gasteiger partial charge on any atom is 0.0718 e. The summed E-state index contributed by atoms with van der Waals surface area (Å²) in [4.78, 5) is 0. The Balaban J connectivity index is 2.46. The molecule has 0 heterocycles. The first kappa shape index (κ1) is 13.9. The molecule has 17 heavy (non-hydrogen) atoms. The molecule has 94 valence electrons. The van der Waals surface area contributed by atoms with Crippen LogP contribution in [0.25, 0.3) is 6.08 Å². The molecule has 1 aromatic rings. The molecule has 0 aliphatic carbocycles. The van der Waals surface area contributed by atoms with Gasteiger partial charge in [-0.1, -0.05) is 50.3 Å². The van der Waals surface area contributed by atoms with E-state index in [0.717, 1.165) is 13.1 Å². The number of ether oxygens (including phenoxy) is 1. The van der Waals surface area contributed by atoms with Crippen molar-refractivity contribution in [2.75, 3.05) is 20.2 Å². The van der Waals surface area contributed by atoms with Crippen LogP contribution in [0.2, 0.25) is 0 Å². The molecule has 1 rings (SSSR count). The first-order valence-electron chi connectivity index (χ1n) is 6.18. The number of methoxy groups -OCH3 is 1. The zero-order chi connectivity index (χ0) is 12.5. The van der Waals surface area contributed by atoms with Gasteiger partial charge < -0.3 is 10.1 Å². The van der Waals surface area contributed by atoms with Gasteiger partial charge in [0.25, 0.3) is 0 Å². The van der Waals surface area contributed by atoms with Gasteiger partial charge in [-0.2, -0.15) is 0 Å². The Hall–Kier alpha value is -1.12. The van der Waals surface area contributed by atoms with Gasteiger partial charge in [0.05, 0.1) is 6.61 Å². The lowest BCUT2D eigenvalue weighted by Gasteiger charge is -2.05. The largest absolute Gasteiger partial charge is 0.380 e. The van der Waals surface area contributed by atoms with Gasteiger partial charge >= 0.3 is 0 Å². The van der Waals surface area contributed by atoms with Crippen LogP contribution in [-0.2, 0) is 11.3 Å². The third kappa shape index (κ3) is 5.66. The Bertz CT molecular complexity index is 345. The molecule has 0 spiro atoms. The van der Waals surface area contributed by atoms with Crippen LogP contribution in [0.15, 0.2) is 30.3 Å². The van der Waals surface area contributed by atoms with Gasteiger partial charge in [-0.3, -0.25) is 0 Å². The van der Waals surface area contributed by atoms with Crippen LogP contribution in [-0.4, -0.2) is 20.2 Å². The molecule has 0 bridgehead atoms. The van der Waals surface area contributed by atoms with E-state index in [1.165, 1.54) is 11.1 Å². The zero-order valence-corrected chi connectivity index (χ0v) is 11.1. The Morgan fingerprint density at radius 2 is 2.06 bits per heavy atom. The number of hydrogen-bond acceptors (Lipinski definition) is 2. The summed E-state index contributed by atoms with van der Waals surface area (Å²) in [6.07, 6.45) is 4.32. The fourth-order valence-electron chi connectivity index (χ4n) is 1.62. The summed E-state index contributed by atoms with van der Waals surface area (Å²) in [7, 11) is 1.73. The highest BCUT2D eigenvalue weighted by Gasteiger charge is 1.96. The van der Waals surface area contributed by atoms with Crippen LogP contribution in [0.1, 0.15) is 25.0 Å². The fourth-order valence-corrected chi connectivity index (χ4v) is 1.62.